The van der Waals surface area contributed by atoms with Gasteiger partial charge in [0.1, 0.15) is 0 Å². The molecule has 2 heteroatoms. The van der Waals surface area contributed by atoms with Gasteiger partial charge in [-0.15, -0.1) is 6.42 Å². The zero-order valence-corrected chi connectivity index (χ0v) is 28.3. The zero-order chi connectivity index (χ0) is 34.5. The maximum atomic E-state index is 5.30. The maximum absolute atomic E-state index is 5.30. The van der Waals surface area contributed by atoms with Crippen molar-refractivity contribution in [3.05, 3.63) is 168 Å². The van der Waals surface area contributed by atoms with Crippen molar-refractivity contribution in [3.63, 3.8) is 0 Å². The van der Waals surface area contributed by atoms with Crippen LogP contribution in [0.1, 0.15) is 29.2 Å². The summed E-state index contributed by atoms with van der Waals surface area (Å²) in [5.41, 5.74) is 12.8. The summed E-state index contributed by atoms with van der Waals surface area (Å²) >= 11 is 0. The van der Waals surface area contributed by atoms with Crippen LogP contribution in [0.5, 0.6) is 0 Å². The van der Waals surface area contributed by atoms with Crippen molar-refractivity contribution in [1.82, 2.24) is 0 Å². The average molecular weight is 639 g/mol. The summed E-state index contributed by atoms with van der Waals surface area (Å²) in [6, 6.07) is 51.7. The first-order valence-corrected chi connectivity index (χ1v) is 16.6. The normalized spacial score (nSPS) is 11.6. The van der Waals surface area contributed by atoms with E-state index in [1.165, 1.54) is 11.1 Å². The van der Waals surface area contributed by atoms with E-state index in [-0.39, 0.29) is 0 Å². The van der Waals surface area contributed by atoms with Gasteiger partial charge < -0.3 is 9.80 Å². The lowest BCUT2D eigenvalue weighted by molar-refractivity contribution is 0.778. The summed E-state index contributed by atoms with van der Waals surface area (Å²) in [7, 11) is 0. The Morgan fingerprint density at radius 3 is 1.32 bits per heavy atom. The minimum absolute atomic E-state index is 0.672. The lowest BCUT2D eigenvalue weighted by atomic mass is 9.80. The third kappa shape index (κ3) is 6.12. The zero-order valence-electron chi connectivity index (χ0n) is 28.3. The minimum atomic E-state index is -0.672. The number of nitrogens with zero attached hydrogens (tertiary/aromatic N) is 2. The van der Waals surface area contributed by atoms with Crippen molar-refractivity contribution in [2.75, 3.05) is 9.80 Å². The standard InChI is InChI=1S/C48H34N2/c1-5-6-7-8-9-16-31-48(4)46-34-42(49(38-21-12-10-13-22-38)40-25-17-19-36(2)32-40)27-29-44(46)45-30-28-43(35-47(45)48)50(39-23-14-11-15-24-39)41-26-18-20-37(3)33-41/h1,10-15,17-30,32-35H,2-4H3. The van der Waals surface area contributed by atoms with Gasteiger partial charge in [0.15, 0.2) is 0 Å². The van der Waals surface area contributed by atoms with E-state index in [9.17, 15) is 0 Å². The largest absolute Gasteiger partial charge is 0.310 e. The molecule has 0 amide bonds. The third-order valence-electron chi connectivity index (χ3n) is 9.07. The first-order chi connectivity index (χ1) is 24.5. The number of anilines is 6. The molecule has 0 saturated carbocycles. The van der Waals surface area contributed by atoms with Crippen molar-refractivity contribution < 1.29 is 0 Å². The van der Waals surface area contributed by atoms with Crippen LogP contribution in [0.15, 0.2) is 146 Å². The molecule has 0 fully saturated rings. The quantitative estimate of drug-likeness (QED) is 0.168. The van der Waals surface area contributed by atoms with Gasteiger partial charge in [0, 0.05) is 34.1 Å². The molecular weight excluding hydrogens is 605 g/mol. The summed E-state index contributed by atoms with van der Waals surface area (Å²) in [4.78, 5) is 4.61. The number of hydrogen-bond donors (Lipinski definition) is 0. The van der Waals surface area contributed by atoms with Crippen LogP contribution >= 0.6 is 0 Å². The summed E-state index contributed by atoms with van der Waals surface area (Å²) in [6.07, 6.45) is 5.30. The number of aryl methyl sites for hydroxylation is 2. The van der Waals surface area contributed by atoms with Crippen LogP contribution in [0.4, 0.5) is 34.1 Å². The van der Waals surface area contributed by atoms with Crippen molar-refractivity contribution in [2.45, 2.75) is 26.2 Å². The molecule has 50 heavy (non-hydrogen) atoms. The fraction of sp³-hybridized carbons (Fsp3) is 0.0833. The molecule has 0 spiro atoms. The molecule has 0 bridgehead atoms. The molecule has 6 aromatic rings. The van der Waals surface area contributed by atoms with E-state index in [0.29, 0.717) is 0 Å². The Hall–Kier alpha value is -6.84. The van der Waals surface area contributed by atoms with Crippen LogP contribution in [0, 0.1) is 61.7 Å². The second-order valence-corrected chi connectivity index (χ2v) is 12.5. The van der Waals surface area contributed by atoms with Crippen LogP contribution < -0.4 is 9.80 Å². The van der Waals surface area contributed by atoms with Gasteiger partial charge in [0.25, 0.3) is 0 Å². The monoisotopic (exact) mass is 638 g/mol. The van der Waals surface area contributed by atoms with Crippen molar-refractivity contribution >= 4 is 34.1 Å². The number of fused-ring (bicyclic) bond motifs is 3. The predicted octanol–water partition coefficient (Wildman–Crippen LogP) is 11.2. The Morgan fingerprint density at radius 1 is 0.440 bits per heavy atom. The molecule has 1 aliphatic carbocycles. The van der Waals surface area contributed by atoms with Gasteiger partial charge in [0.05, 0.1) is 5.41 Å². The molecule has 1 aliphatic rings. The SMILES string of the molecule is C#CC#CC#CC#CC1(C)c2cc(N(c3ccccc3)c3cccc(C)c3)ccc2-c2ccc(N(c3ccccc3)c3cccc(C)c3)cc21. The van der Waals surface area contributed by atoms with Crippen LogP contribution in [0.2, 0.25) is 0 Å². The second-order valence-electron chi connectivity index (χ2n) is 12.5. The van der Waals surface area contributed by atoms with E-state index in [0.717, 1.165) is 56.4 Å². The Morgan fingerprint density at radius 2 is 0.860 bits per heavy atom. The second kappa shape index (κ2) is 13.7. The molecule has 6 aromatic carbocycles. The van der Waals surface area contributed by atoms with Gasteiger partial charge in [-0.25, -0.2) is 0 Å². The van der Waals surface area contributed by atoms with E-state index in [4.69, 9.17) is 6.42 Å². The lowest BCUT2D eigenvalue weighted by Crippen LogP contribution is -2.20. The Kier molecular flexibility index (Phi) is 8.71. The molecule has 0 N–H and O–H groups in total. The molecule has 7 rings (SSSR count). The van der Waals surface area contributed by atoms with E-state index in [1.807, 2.05) is 12.1 Å². The van der Waals surface area contributed by atoms with Crippen LogP contribution in [0.25, 0.3) is 11.1 Å². The van der Waals surface area contributed by atoms with E-state index in [1.54, 1.807) is 0 Å². The summed E-state index contributed by atoms with van der Waals surface area (Å²) in [6.45, 7) is 6.45. The predicted molar refractivity (Wildman–Crippen MR) is 209 cm³/mol. The molecule has 0 aromatic heterocycles. The molecule has 236 valence electrons. The van der Waals surface area contributed by atoms with Crippen LogP contribution in [0.3, 0.4) is 0 Å². The first kappa shape index (κ1) is 31.7. The first-order valence-electron chi connectivity index (χ1n) is 16.6. The van der Waals surface area contributed by atoms with Crippen LogP contribution in [-0.4, -0.2) is 0 Å². The van der Waals surface area contributed by atoms with Gasteiger partial charge in [-0.05, 0) is 162 Å². The fourth-order valence-electron chi connectivity index (χ4n) is 6.79. The summed E-state index contributed by atoms with van der Waals surface area (Å²) < 4.78 is 0. The highest BCUT2D eigenvalue weighted by molar-refractivity contribution is 5.89. The van der Waals surface area contributed by atoms with E-state index in [2.05, 4.69) is 205 Å². The molecule has 0 unspecified atom stereocenters. The Balaban J connectivity index is 1.42. The van der Waals surface area contributed by atoms with Crippen molar-refractivity contribution in [1.29, 1.82) is 0 Å². The molecule has 0 saturated heterocycles. The fourth-order valence-corrected chi connectivity index (χ4v) is 6.79. The molecule has 0 heterocycles. The van der Waals surface area contributed by atoms with Gasteiger partial charge in [-0.2, -0.15) is 0 Å². The van der Waals surface area contributed by atoms with Gasteiger partial charge in [0.2, 0.25) is 0 Å². The third-order valence-corrected chi connectivity index (χ3v) is 9.07. The van der Waals surface area contributed by atoms with Gasteiger partial charge >= 0.3 is 0 Å². The highest BCUT2D eigenvalue weighted by Crippen LogP contribution is 2.52. The molecule has 0 radical (unpaired) electrons. The number of terminal acetylenes is 1. The number of hydrogen-bond acceptors (Lipinski definition) is 2. The topological polar surface area (TPSA) is 6.48 Å². The highest BCUT2D eigenvalue weighted by Gasteiger charge is 2.39. The summed E-state index contributed by atoms with van der Waals surface area (Å²) in [5, 5.41) is 0. The van der Waals surface area contributed by atoms with Crippen LogP contribution in [-0.2, 0) is 5.41 Å². The number of rotatable bonds is 6. The Labute approximate surface area is 296 Å². The molecule has 2 nitrogen and oxygen atoms in total. The molecule has 0 aliphatic heterocycles. The number of benzene rings is 6. The van der Waals surface area contributed by atoms with Gasteiger partial charge in [-0.1, -0.05) is 78.7 Å². The summed E-state index contributed by atoms with van der Waals surface area (Å²) in [5.74, 6) is 20.0. The molecule has 0 atom stereocenters. The van der Waals surface area contributed by atoms with E-state index >= 15 is 0 Å². The molecular formula is C48H34N2. The van der Waals surface area contributed by atoms with Crippen molar-refractivity contribution in [2.24, 2.45) is 0 Å². The smallest absolute Gasteiger partial charge is 0.0807 e. The minimum Gasteiger partial charge on any atom is -0.310 e. The maximum Gasteiger partial charge on any atom is 0.0807 e. The Bertz CT molecular complexity index is 2310. The van der Waals surface area contributed by atoms with E-state index < -0.39 is 5.41 Å². The van der Waals surface area contributed by atoms with Gasteiger partial charge in [-0.3, -0.25) is 0 Å². The number of para-hydroxylation sites is 2. The average Bonchev–Trinajstić information content (AvgIpc) is 3.38. The highest BCUT2D eigenvalue weighted by atomic mass is 15.1. The van der Waals surface area contributed by atoms with Crippen molar-refractivity contribution in [3.8, 4) is 59.0 Å². The lowest BCUT2D eigenvalue weighted by Gasteiger charge is -2.29.